The topological polar surface area (TPSA) is 66.0 Å². The first kappa shape index (κ1) is 17.4. The second-order valence-corrected chi connectivity index (χ2v) is 6.79. The summed E-state index contributed by atoms with van der Waals surface area (Å²) in [5.74, 6) is 3.23. The Bertz CT molecular complexity index is 983. The van der Waals surface area contributed by atoms with Crippen LogP contribution in [0.4, 0.5) is 0 Å². The van der Waals surface area contributed by atoms with E-state index in [2.05, 4.69) is 25.8 Å². The van der Waals surface area contributed by atoms with Gasteiger partial charge in [-0.1, -0.05) is 17.8 Å². The molecule has 0 amide bonds. The molecule has 0 bridgehead atoms. The Hall–Kier alpha value is -3.06. The largest absolute Gasteiger partial charge is 0.497 e. The molecule has 136 valence electrons. The number of aromatic nitrogens is 4. The molecule has 0 radical (unpaired) electrons. The molecule has 6 nitrogen and oxygen atoms in total. The number of rotatable bonds is 7. The van der Waals surface area contributed by atoms with Crippen LogP contribution >= 0.6 is 11.8 Å². The molecule has 3 heterocycles. The van der Waals surface area contributed by atoms with E-state index >= 15 is 0 Å². The third-order valence-corrected chi connectivity index (χ3v) is 5.09. The van der Waals surface area contributed by atoms with Crippen LogP contribution in [0.3, 0.4) is 0 Å². The molecular weight excluding hydrogens is 360 g/mol. The molecule has 4 rings (SSSR count). The molecule has 0 N–H and O–H groups in total. The van der Waals surface area contributed by atoms with Crippen LogP contribution in [0.25, 0.3) is 11.4 Å². The number of thioether (sulfide) groups is 1. The number of hydrogen-bond acceptors (Lipinski definition) is 6. The van der Waals surface area contributed by atoms with Gasteiger partial charge in [-0.25, -0.2) is 0 Å². The molecule has 0 saturated carbocycles. The molecule has 0 atom stereocenters. The van der Waals surface area contributed by atoms with Crippen LogP contribution < -0.4 is 4.74 Å². The van der Waals surface area contributed by atoms with E-state index in [9.17, 15) is 0 Å². The maximum absolute atomic E-state index is 5.54. The molecule has 7 heteroatoms. The number of furan rings is 1. The third kappa shape index (κ3) is 4.03. The van der Waals surface area contributed by atoms with Crippen molar-refractivity contribution >= 4 is 11.8 Å². The average Bonchev–Trinajstić information content (AvgIpc) is 3.38. The Morgan fingerprint density at radius 1 is 1.07 bits per heavy atom. The fourth-order valence-electron chi connectivity index (χ4n) is 2.68. The van der Waals surface area contributed by atoms with Gasteiger partial charge in [0.05, 0.1) is 19.9 Å². The summed E-state index contributed by atoms with van der Waals surface area (Å²) >= 11 is 1.63. The first-order valence-electron chi connectivity index (χ1n) is 8.45. The minimum atomic E-state index is 0.566. The molecule has 0 aliphatic rings. The highest BCUT2D eigenvalue weighted by atomic mass is 32.2. The summed E-state index contributed by atoms with van der Waals surface area (Å²) in [5.41, 5.74) is 2.11. The molecular formula is C20H18N4O2S. The summed E-state index contributed by atoms with van der Waals surface area (Å²) in [6.45, 7) is 0.566. The number of methoxy groups -OCH3 is 1. The zero-order valence-electron chi connectivity index (χ0n) is 14.8. The van der Waals surface area contributed by atoms with Gasteiger partial charge in [-0.15, -0.1) is 10.2 Å². The van der Waals surface area contributed by atoms with Crippen molar-refractivity contribution in [3.8, 4) is 17.1 Å². The van der Waals surface area contributed by atoms with E-state index in [-0.39, 0.29) is 0 Å². The van der Waals surface area contributed by atoms with Gasteiger partial charge in [0.1, 0.15) is 11.5 Å². The van der Waals surface area contributed by atoms with Crippen molar-refractivity contribution in [1.82, 2.24) is 19.7 Å². The van der Waals surface area contributed by atoms with Gasteiger partial charge in [-0.3, -0.25) is 9.55 Å². The molecule has 0 fully saturated rings. The van der Waals surface area contributed by atoms with Gasteiger partial charge in [0, 0.05) is 23.7 Å². The molecule has 27 heavy (non-hydrogen) atoms. The number of nitrogens with zero attached hydrogens (tertiary/aromatic N) is 4. The zero-order valence-corrected chi connectivity index (χ0v) is 15.6. The first-order chi connectivity index (χ1) is 13.3. The average molecular weight is 378 g/mol. The van der Waals surface area contributed by atoms with Crippen LogP contribution in [-0.4, -0.2) is 26.9 Å². The number of pyridine rings is 1. The molecule has 0 saturated heterocycles. The van der Waals surface area contributed by atoms with Gasteiger partial charge in [0.2, 0.25) is 0 Å². The van der Waals surface area contributed by atoms with Crippen molar-refractivity contribution in [2.24, 2.45) is 0 Å². The SMILES string of the molecule is COc1ccc(-c2nnc(SCc3cccnc3)n2Cc2ccco2)cc1. The van der Waals surface area contributed by atoms with Crippen LogP contribution in [-0.2, 0) is 12.3 Å². The van der Waals surface area contributed by atoms with Crippen LogP contribution in [0.5, 0.6) is 5.75 Å². The fourth-order valence-corrected chi connectivity index (χ4v) is 3.55. The predicted octanol–water partition coefficient (Wildman–Crippen LogP) is 4.28. The van der Waals surface area contributed by atoms with E-state index < -0.39 is 0 Å². The van der Waals surface area contributed by atoms with E-state index in [0.717, 1.165) is 39.4 Å². The molecule has 0 unspecified atom stereocenters. The highest BCUT2D eigenvalue weighted by molar-refractivity contribution is 7.98. The van der Waals surface area contributed by atoms with Crippen LogP contribution in [0, 0.1) is 0 Å². The minimum absolute atomic E-state index is 0.566. The lowest BCUT2D eigenvalue weighted by Gasteiger charge is -2.09. The first-order valence-corrected chi connectivity index (χ1v) is 9.44. The summed E-state index contributed by atoms with van der Waals surface area (Å²) in [6, 6.07) is 15.6. The van der Waals surface area contributed by atoms with E-state index in [0.29, 0.717) is 6.54 Å². The van der Waals surface area contributed by atoms with E-state index in [1.165, 1.54) is 0 Å². The van der Waals surface area contributed by atoms with Crippen LogP contribution in [0.1, 0.15) is 11.3 Å². The Labute approximate surface area is 161 Å². The summed E-state index contributed by atoms with van der Waals surface area (Å²) < 4.78 is 12.9. The van der Waals surface area contributed by atoms with Gasteiger partial charge in [0.25, 0.3) is 0 Å². The highest BCUT2D eigenvalue weighted by Crippen LogP contribution is 2.28. The second-order valence-electron chi connectivity index (χ2n) is 5.85. The maximum atomic E-state index is 5.54. The molecule has 4 aromatic rings. The van der Waals surface area contributed by atoms with Crippen molar-refractivity contribution in [2.75, 3.05) is 7.11 Å². The van der Waals surface area contributed by atoms with Gasteiger partial charge in [-0.2, -0.15) is 0 Å². The molecule has 0 aliphatic heterocycles. The Morgan fingerprint density at radius 3 is 2.67 bits per heavy atom. The summed E-state index contributed by atoms with van der Waals surface area (Å²) in [5, 5.41) is 9.68. The van der Waals surface area contributed by atoms with Crippen LogP contribution in [0.15, 0.2) is 76.8 Å². The number of hydrogen-bond donors (Lipinski definition) is 0. The maximum Gasteiger partial charge on any atom is 0.192 e. The van der Waals surface area contributed by atoms with Gasteiger partial charge < -0.3 is 9.15 Å². The number of ether oxygens (including phenoxy) is 1. The summed E-state index contributed by atoms with van der Waals surface area (Å²) in [7, 11) is 1.65. The van der Waals surface area contributed by atoms with E-state index in [1.807, 2.05) is 48.7 Å². The molecule has 0 aliphatic carbocycles. The fraction of sp³-hybridized carbons (Fsp3) is 0.150. The Morgan fingerprint density at radius 2 is 1.96 bits per heavy atom. The molecule has 0 spiro atoms. The smallest absolute Gasteiger partial charge is 0.192 e. The van der Waals surface area contributed by atoms with Crippen molar-refractivity contribution in [2.45, 2.75) is 17.5 Å². The minimum Gasteiger partial charge on any atom is -0.497 e. The Kier molecular flexibility index (Phi) is 5.20. The van der Waals surface area contributed by atoms with Crippen molar-refractivity contribution < 1.29 is 9.15 Å². The lowest BCUT2D eigenvalue weighted by molar-refractivity contribution is 0.415. The van der Waals surface area contributed by atoms with Crippen LogP contribution in [0.2, 0.25) is 0 Å². The molecule has 3 aromatic heterocycles. The standard InChI is InChI=1S/C20H18N4O2S/c1-25-17-8-6-16(7-9-17)19-22-23-20(24(19)13-18-5-3-11-26-18)27-14-15-4-2-10-21-12-15/h2-12H,13-14H2,1H3. The van der Waals surface area contributed by atoms with Gasteiger partial charge in [-0.05, 0) is 48.0 Å². The zero-order chi connectivity index (χ0) is 18.5. The van der Waals surface area contributed by atoms with E-state index in [1.54, 1.807) is 31.3 Å². The van der Waals surface area contributed by atoms with Gasteiger partial charge in [0.15, 0.2) is 11.0 Å². The van der Waals surface area contributed by atoms with E-state index in [4.69, 9.17) is 9.15 Å². The van der Waals surface area contributed by atoms with Crippen molar-refractivity contribution in [3.63, 3.8) is 0 Å². The van der Waals surface area contributed by atoms with Crippen molar-refractivity contribution in [1.29, 1.82) is 0 Å². The normalized spacial score (nSPS) is 10.9. The highest BCUT2D eigenvalue weighted by Gasteiger charge is 2.16. The molecule has 1 aromatic carbocycles. The van der Waals surface area contributed by atoms with Crippen molar-refractivity contribution in [3.05, 3.63) is 78.5 Å². The van der Waals surface area contributed by atoms with Gasteiger partial charge >= 0.3 is 0 Å². The second kappa shape index (κ2) is 8.09. The third-order valence-electron chi connectivity index (χ3n) is 4.05. The lowest BCUT2D eigenvalue weighted by Crippen LogP contribution is -2.03. The summed E-state index contributed by atoms with van der Waals surface area (Å²) in [6.07, 6.45) is 5.31. The Balaban J connectivity index is 1.64. The predicted molar refractivity (Wildman–Crippen MR) is 104 cm³/mol. The number of benzene rings is 1. The lowest BCUT2D eigenvalue weighted by atomic mass is 10.2. The monoisotopic (exact) mass is 378 g/mol. The quantitative estimate of drug-likeness (QED) is 0.447. The summed E-state index contributed by atoms with van der Waals surface area (Å²) in [4.78, 5) is 4.17.